The lowest BCUT2D eigenvalue weighted by Crippen LogP contribution is -2.43. The van der Waals surface area contributed by atoms with Gasteiger partial charge < -0.3 is 30.0 Å². The number of hydrogen-bond donors (Lipinski definition) is 3. The summed E-state index contributed by atoms with van der Waals surface area (Å²) in [5.41, 5.74) is 0.329. The summed E-state index contributed by atoms with van der Waals surface area (Å²) in [5.74, 6) is 1.65. The number of nitrogens with zero attached hydrogens (tertiary/aromatic N) is 3. The molecular formula is C23H37N5O2. The van der Waals surface area contributed by atoms with Gasteiger partial charge in [-0.15, -0.1) is 0 Å². The lowest BCUT2D eigenvalue weighted by molar-refractivity contribution is 0.0423. The van der Waals surface area contributed by atoms with Gasteiger partial charge >= 0.3 is 0 Å². The van der Waals surface area contributed by atoms with Crippen molar-refractivity contribution in [3.63, 3.8) is 0 Å². The van der Waals surface area contributed by atoms with E-state index in [0.717, 1.165) is 31.7 Å². The first-order valence-corrected chi connectivity index (χ1v) is 10.5. The molecule has 1 heterocycles. The van der Waals surface area contributed by atoms with Gasteiger partial charge in [-0.05, 0) is 51.7 Å². The summed E-state index contributed by atoms with van der Waals surface area (Å²) in [6.45, 7) is 5.13. The molecule has 3 N–H and O–H groups in total. The van der Waals surface area contributed by atoms with E-state index in [1.165, 1.54) is 5.69 Å². The molecule has 2 rings (SSSR count). The van der Waals surface area contributed by atoms with Crippen LogP contribution in [0.3, 0.4) is 0 Å². The molecule has 2 aromatic rings. The van der Waals surface area contributed by atoms with Crippen LogP contribution in [-0.2, 0) is 6.42 Å². The highest BCUT2D eigenvalue weighted by atomic mass is 16.3. The lowest BCUT2D eigenvalue weighted by Gasteiger charge is -2.25. The Morgan fingerprint density at radius 2 is 1.80 bits per heavy atom. The van der Waals surface area contributed by atoms with Crippen molar-refractivity contribution in [2.75, 3.05) is 58.8 Å². The molecule has 0 radical (unpaired) electrons. The van der Waals surface area contributed by atoms with Crippen LogP contribution < -0.4 is 15.5 Å². The van der Waals surface area contributed by atoms with Crippen LogP contribution in [0.5, 0.6) is 0 Å². The maximum atomic E-state index is 10.6. The number of aliphatic imine (C=N–C) groups is 1. The minimum atomic E-state index is -0.882. The number of nitrogens with one attached hydrogen (secondary N) is 2. The van der Waals surface area contributed by atoms with Crippen LogP contribution in [0.25, 0.3) is 0 Å². The van der Waals surface area contributed by atoms with E-state index in [4.69, 9.17) is 4.42 Å². The number of rotatable bonds is 12. The number of furan rings is 1. The highest BCUT2D eigenvalue weighted by molar-refractivity contribution is 5.79. The molecule has 1 aromatic heterocycles. The Kier molecular flexibility index (Phi) is 9.70. The molecule has 166 valence electrons. The van der Waals surface area contributed by atoms with Crippen molar-refractivity contribution < 1.29 is 9.52 Å². The molecule has 30 heavy (non-hydrogen) atoms. The van der Waals surface area contributed by atoms with E-state index in [1.54, 1.807) is 6.26 Å². The lowest BCUT2D eigenvalue weighted by atomic mass is 10.1. The van der Waals surface area contributed by atoms with Crippen molar-refractivity contribution in [2.24, 2.45) is 4.99 Å². The fourth-order valence-corrected chi connectivity index (χ4v) is 3.25. The van der Waals surface area contributed by atoms with Gasteiger partial charge in [-0.1, -0.05) is 18.2 Å². The van der Waals surface area contributed by atoms with Gasteiger partial charge in [-0.25, -0.2) is 0 Å². The Bertz CT molecular complexity index is 729. The van der Waals surface area contributed by atoms with Crippen molar-refractivity contribution in [3.8, 4) is 0 Å². The highest BCUT2D eigenvalue weighted by Gasteiger charge is 2.21. The maximum Gasteiger partial charge on any atom is 0.191 e. The van der Waals surface area contributed by atoms with E-state index < -0.39 is 5.60 Å². The zero-order chi connectivity index (χ0) is 21.8. The molecule has 0 amide bonds. The van der Waals surface area contributed by atoms with Crippen LogP contribution >= 0.6 is 0 Å². The van der Waals surface area contributed by atoms with Gasteiger partial charge in [0.1, 0.15) is 5.76 Å². The molecule has 7 heteroatoms. The Hall–Kier alpha value is -2.51. The zero-order valence-corrected chi connectivity index (χ0v) is 18.8. The summed E-state index contributed by atoms with van der Waals surface area (Å²) < 4.78 is 5.39. The fraction of sp³-hybridized carbons (Fsp3) is 0.522. The number of hydrogen-bond acceptors (Lipinski definition) is 5. The van der Waals surface area contributed by atoms with E-state index >= 15 is 0 Å². The summed E-state index contributed by atoms with van der Waals surface area (Å²) in [7, 11) is 5.99. The van der Waals surface area contributed by atoms with Crippen LogP contribution in [0.2, 0.25) is 0 Å². The normalized spacial score (nSPS) is 13.9. The van der Waals surface area contributed by atoms with E-state index in [2.05, 4.69) is 51.8 Å². The SMILES string of the molecule is CN(C)CC(C)(O)CN=C(NCCCN(C)c1ccccc1)NCCc1ccco1. The third-order valence-corrected chi connectivity index (χ3v) is 4.64. The molecule has 0 aliphatic heterocycles. The molecule has 0 fully saturated rings. The average Bonchev–Trinajstić information content (AvgIpc) is 3.22. The smallest absolute Gasteiger partial charge is 0.191 e. The number of anilines is 1. The molecule has 0 spiro atoms. The molecule has 1 unspecified atom stereocenters. The molecule has 1 aromatic carbocycles. The zero-order valence-electron chi connectivity index (χ0n) is 18.8. The Morgan fingerprint density at radius 3 is 2.47 bits per heavy atom. The third kappa shape index (κ3) is 9.33. The van der Waals surface area contributed by atoms with Crippen LogP contribution in [0.15, 0.2) is 58.1 Å². The summed E-state index contributed by atoms with van der Waals surface area (Å²) >= 11 is 0. The Labute approximate surface area is 180 Å². The van der Waals surface area contributed by atoms with Gasteiger partial charge in [0.15, 0.2) is 5.96 Å². The number of benzene rings is 1. The molecule has 0 bridgehead atoms. The largest absolute Gasteiger partial charge is 0.469 e. The van der Waals surface area contributed by atoms with Gasteiger partial charge in [0.2, 0.25) is 0 Å². The highest BCUT2D eigenvalue weighted by Crippen LogP contribution is 2.10. The van der Waals surface area contributed by atoms with Crippen molar-refractivity contribution in [2.45, 2.75) is 25.4 Å². The van der Waals surface area contributed by atoms with E-state index in [-0.39, 0.29) is 0 Å². The number of para-hydroxylation sites is 1. The second-order valence-corrected chi connectivity index (χ2v) is 8.19. The second kappa shape index (κ2) is 12.2. The predicted octanol–water partition coefficient (Wildman–Crippen LogP) is 2.20. The average molecular weight is 416 g/mol. The predicted molar refractivity (Wildman–Crippen MR) is 124 cm³/mol. The van der Waals surface area contributed by atoms with Crippen LogP contribution in [0.1, 0.15) is 19.1 Å². The Balaban J connectivity index is 1.83. The summed E-state index contributed by atoms with van der Waals surface area (Å²) in [6.07, 6.45) is 3.43. The van der Waals surface area contributed by atoms with E-state index in [0.29, 0.717) is 25.6 Å². The van der Waals surface area contributed by atoms with Crippen LogP contribution in [-0.4, -0.2) is 75.4 Å². The second-order valence-electron chi connectivity index (χ2n) is 8.19. The quantitative estimate of drug-likeness (QED) is 0.280. The minimum Gasteiger partial charge on any atom is -0.469 e. The van der Waals surface area contributed by atoms with Crippen molar-refractivity contribution in [1.29, 1.82) is 0 Å². The molecule has 7 nitrogen and oxygen atoms in total. The number of aliphatic hydroxyl groups is 1. The van der Waals surface area contributed by atoms with Crippen molar-refractivity contribution in [3.05, 3.63) is 54.5 Å². The summed E-state index contributed by atoms with van der Waals surface area (Å²) in [6, 6.07) is 14.2. The molecule has 1 atom stereocenters. The number of likely N-dealkylation sites (N-methyl/N-ethyl adjacent to an activating group) is 1. The first kappa shape index (κ1) is 23.8. The molecule has 0 saturated carbocycles. The molecule has 0 aliphatic carbocycles. The number of guanidine groups is 1. The molecular weight excluding hydrogens is 378 g/mol. The molecule has 0 aliphatic rings. The van der Waals surface area contributed by atoms with Gasteiger partial charge in [-0.3, -0.25) is 4.99 Å². The monoisotopic (exact) mass is 415 g/mol. The fourth-order valence-electron chi connectivity index (χ4n) is 3.25. The first-order chi connectivity index (χ1) is 14.4. The van der Waals surface area contributed by atoms with Gasteiger partial charge in [0.05, 0.1) is 18.4 Å². The summed E-state index contributed by atoms with van der Waals surface area (Å²) in [4.78, 5) is 8.82. The van der Waals surface area contributed by atoms with E-state index in [9.17, 15) is 5.11 Å². The van der Waals surface area contributed by atoms with Crippen LogP contribution in [0, 0.1) is 0 Å². The molecule has 0 saturated heterocycles. The summed E-state index contributed by atoms with van der Waals surface area (Å²) in [5, 5.41) is 17.3. The maximum absolute atomic E-state index is 10.6. The van der Waals surface area contributed by atoms with E-state index in [1.807, 2.05) is 44.1 Å². The van der Waals surface area contributed by atoms with Gasteiger partial charge in [0, 0.05) is 45.3 Å². The van der Waals surface area contributed by atoms with Crippen LogP contribution in [0.4, 0.5) is 5.69 Å². The van der Waals surface area contributed by atoms with Crippen molar-refractivity contribution >= 4 is 11.6 Å². The topological polar surface area (TPSA) is 76.3 Å². The van der Waals surface area contributed by atoms with Gasteiger partial charge in [0.25, 0.3) is 0 Å². The Morgan fingerprint density at radius 1 is 1.07 bits per heavy atom. The van der Waals surface area contributed by atoms with Crippen molar-refractivity contribution in [1.82, 2.24) is 15.5 Å². The first-order valence-electron chi connectivity index (χ1n) is 10.5. The third-order valence-electron chi connectivity index (χ3n) is 4.64. The minimum absolute atomic E-state index is 0.325. The van der Waals surface area contributed by atoms with Gasteiger partial charge in [-0.2, -0.15) is 0 Å². The standard InChI is InChI=1S/C23H37N5O2/c1-23(29,19-27(2)3)18-26-22(25-15-13-21-12-8-17-30-21)24-14-9-16-28(4)20-10-6-5-7-11-20/h5-8,10-12,17,29H,9,13-16,18-19H2,1-4H3,(H2,24,25,26).